The van der Waals surface area contributed by atoms with E-state index in [1.54, 1.807) is 0 Å². The van der Waals surface area contributed by atoms with Gasteiger partial charge in [0.2, 0.25) is 0 Å². The van der Waals surface area contributed by atoms with Crippen molar-refractivity contribution in [2.24, 2.45) is 10.4 Å². The Bertz CT molecular complexity index is 653. The Labute approximate surface area is 156 Å². The summed E-state index contributed by atoms with van der Waals surface area (Å²) in [5, 5.41) is 3.48. The average molecular weight is 354 g/mol. The molecule has 1 unspecified atom stereocenters. The van der Waals surface area contributed by atoms with Gasteiger partial charge in [0, 0.05) is 50.4 Å². The number of hydrogen-bond acceptors (Lipinski definition) is 3. The van der Waals surface area contributed by atoms with Crippen LogP contribution in [0, 0.1) is 5.41 Å². The Hall–Kier alpha value is -2.01. The molecular weight excluding hydrogens is 324 g/mol. The van der Waals surface area contributed by atoms with Gasteiger partial charge in [0.1, 0.15) is 0 Å². The first-order valence-corrected chi connectivity index (χ1v) is 9.88. The maximum atomic E-state index is 5.66. The van der Waals surface area contributed by atoms with E-state index in [9.17, 15) is 0 Å². The van der Waals surface area contributed by atoms with E-state index in [1.807, 2.05) is 0 Å². The minimum Gasteiger partial charge on any atom is -0.381 e. The first-order chi connectivity index (χ1) is 12.8. The quantitative estimate of drug-likeness (QED) is 0.513. The highest BCUT2D eigenvalue weighted by Crippen LogP contribution is 2.38. The van der Waals surface area contributed by atoms with Crippen LogP contribution in [0.1, 0.15) is 25.3 Å². The van der Waals surface area contributed by atoms with Crippen LogP contribution >= 0.6 is 0 Å². The standard InChI is InChI=1S/C21H30N4O/c1-2-22-20(25-13-9-21(16-25)10-14-26-17-21)23-15-18-5-7-19(8-6-18)24-11-3-4-12-24/h3-8H,2,9-17H2,1H3,(H,22,23). The van der Waals surface area contributed by atoms with Gasteiger partial charge in [0.15, 0.2) is 5.96 Å². The molecule has 140 valence electrons. The summed E-state index contributed by atoms with van der Waals surface area (Å²) >= 11 is 0. The van der Waals surface area contributed by atoms with Crippen LogP contribution in [-0.2, 0) is 11.3 Å². The van der Waals surface area contributed by atoms with Gasteiger partial charge in [-0.15, -0.1) is 0 Å². The molecule has 0 saturated carbocycles. The van der Waals surface area contributed by atoms with E-state index in [2.05, 4.69) is 58.5 Å². The van der Waals surface area contributed by atoms with Crippen LogP contribution in [0.15, 0.2) is 41.4 Å². The minimum absolute atomic E-state index is 0.363. The van der Waals surface area contributed by atoms with Crippen molar-refractivity contribution in [3.63, 3.8) is 0 Å². The number of anilines is 1. The summed E-state index contributed by atoms with van der Waals surface area (Å²) in [6.07, 6.45) is 6.85. The summed E-state index contributed by atoms with van der Waals surface area (Å²) in [5.74, 6) is 1.05. The zero-order valence-electron chi connectivity index (χ0n) is 15.8. The molecule has 0 aliphatic carbocycles. The minimum atomic E-state index is 0.363. The van der Waals surface area contributed by atoms with Gasteiger partial charge in [0.25, 0.3) is 0 Å². The monoisotopic (exact) mass is 354 g/mol. The molecule has 0 radical (unpaired) electrons. The van der Waals surface area contributed by atoms with Gasteiger partial charge >= 0.3 is 0 Å². The molecule has 5 nitrogen and oxygen atoms in total. The third-order valence-electron chi connectivity index (χ3n) is 5.79. The van der Waals surface area contributed by atoms with Gasteiger partial charge in [-0.25, -0.2) is 4.99 Å². The molecule has 2 fully saturated rings. The second-order valence-electron chi connectivity index (χ2n) is 7.69. The van der Waals surface area contributed by atoms with Crippen LogP contribution in [0.25, 0.3) is 0 Å². The highest BCUT2D eigenvalue weighted by Gasteiger charge is 2.42. The summed E-state index contributed by atoms with van der Waals surface area (Å²) in [5.41, 5.74) is 2.91. The van der Waals surface area contributed by atoms with E-state index in [0.29, 0.717) is 5.41 Å². The molecule has 1 aromatic carbocycles. The van der Waals surface area contributed by atoms with Gasteiger partial charge in [-0.05, 0) is 37.5 Å². The Kier molecular flexibility index (Phi) is 5.16. The van der Waals surface area contributed by atoms with Gasteiger partial charge in [-0.2, -0.15) is 0 Å². The van der Waals surface area contributed by atoms with Crippen LogP contribution in [-0.4, -0.2) is 56.8 Å². The second kappa shape index (κ2) is 7.70. The SMILES string of the molecule is CCNC(=NCc1ccc(N2CC=CC2)cc1)N1CCC2(CCOC2)C1. The lowest BCUT2D eigenvalue weighted by Gasteiger charge is -2.25. The molecule has 3 heterocycles. The Morgan fingerprint density at radius 3 is 2.69 bits per heavy atom. The summed E-state index contributed by atoms with van der Waals surface area (Å²) in [6, 6.07) is 8.84. The average Bonchev–Trinajstić information content (AvgIpc) is 3.43. The number of ether oxygens (including phenoxy) is 1. The number of nitrogens with one attached hydrogen (secondary N) is 1. The number of benzene rings is 1. The molecule has 0 amide bonds. The number of aliphatic imine (C=N–C) groups is 1. The van der Waals surface area contributed by atoms with Crippen molar-refractivity contribution in [3.8, 4) is 0 Å². The molecule has 26 heavy (non-hydrogen) atoms. The molecule has 0 aromatic heterocycles. The molecule has 4 rings (SSSR count). The first kappa shape index (κ1) is 17.4. The van der Waals surface area contributed by atoms with Crippen LogP contribution in [0.2, 0.25) is 0 Å². The summed E-state index contributed by atoms with van der Waals surface area (Å²) in [6.45, 7) is 9.77. The molecule has 1 N–H and O–H groups in total. The molecule has 1 atom stereocenters. The second-order valence-corrected chi connectivity index (χ2v) is 7.69. The number of rotatable bonds is 4. The normalized spacial score (nSPS) is 25.7. The van der Waals surface area contributed by atoms with E-state index in [0.717, 1.165) is 58.4 Å². The van der Waals surface area contributed by atoms with Crippen molar-refractivity contribution >= 4 is 11.6 Å². The van der Waals surface area contributed by atoms with Crippen molar-refractivity contribution in [2.45, 2.75) is 26.3 Å². The van der Waals surface area contributed by atoms with Crippen LogP contribution in [0.5, 0.6) is 0 Å². The van der Waals surface area contributed by atoms with Gasteiger partial charge in [-0.1, -0.05) is 24.3 Å². The molecule has 3 aliphatic heterocycles. The van der Waals surface area contributed by atoms with E-state index < -0.39 is 0 Å². The molecule has 2 saturated heterocycles. The van der Waals surface area contributed by atoms with E-state index in [4.69, 9.17) is 9.73 Å². The summed E-state index contributed by atoms with van der Waals surface area (Å²) in [7, 11) is 0. The lowest BCUT2D eigenvalue weighted by atomic mass is 9.87. The lowest BCUT2D eigenvalue weighted by Crippen LogP contribution is -2.41. The van der Waals surface area contributed by atoms with Crippen LogP contribution in [0.3, 0.4) is 0 Å². The highest BCUT2D eigenvalue weighted by molar-refractivity contribution is 5.80. The van der Waals surface area contributed by atoms with E-state index >= 15 is 0 Å². The van der Waals surface area contributed by atoms with Gasteiger partial charge in [0.05, 0.1) is 13.2 Å². The molecule has 1 aromatic rings. The highest BCUT2D eigenvalue weighted by atomic mass is 16.5. The topological polar surface area (TPSA) is 40.1 Å². The Morgan fingerprint density at radius 2 is 2.00 bits per heavy atom. The predicted octanol–water partition coefficient (Wildman–Crippen LogP) is 2.64. The van der Waals surface area contributed by atoms with Crippen molar-refractivity contribution in [1.82, 2.24) is 10.2 Å². The number of guanidine groups is 1. The summed E-state index contributed by atoms with van der Waals surface area (Å²) < 4.78 is 5.66. The van der Waals surface area contributed by atoms with E-state index in [-0.39, 0.29) is 0 Å². The predicted molar refractivity (Wildman–Crippen MR) is 107 cm³/mol. The fraction of sp³-hybridized carbons (Fsp3) is 0.571. The molecule has 3 aliphatic rings. The van der Waals surface area contributed by atoms with Crippen LogP contribution < -0.4 is 10.2 Å². The van der Waals surface area contributed by atoms with E-state index in [1.165, 1.54) is 24.1 Å². The molecule has 1 spiro atoms. The van der Waals surface area contributed by atoms with Crippen molar-refractivity contribution < 1.29 is 4.74 Å². The number of nitrogens with zero attached hydrogens (tertiary/aromatic N) is 3. The zero-order chi connectivity index (χ0) is 17.8. The van der Waals surface area contributed by atoms with Crippen LogP contribution in [0.4, 0.5) is 5.69 Å². The first-order valence-electron chi connectivity index (χ1n) is 9.88. The lowest BCUT2D eigenvalue weighted by molar-refractivity contribution is 0.156. The summed E-state index contributed by atoms with van der Waals surface area (Å²) in [4.78, 5) is 9.70. The maximum absolute atomic E-state index is 5.66. The fourth-order valence-corrected chi connectivity index (χ4v) is 4.18. The van der Waals surface area contributed by atoms with Crippen molar-refractivity contribution in [2.75, 3.05) is 50.8 Å². The number of hydrogen-bond donors (Lipinski definition) is 1. The third kappa shape index (κ3) is 3.73. The Morgan fingerprint density at radius 1 is 1.19 bits per heavy atom. The Balaban J connectivity index is 1.39. The number of likely N-dealkylation sites (tertiary alicyclic amines) is 1. The van der Waals surface area contributed by atoms with Crippen molar-refractivity contribution in [3.05, 3.63) is 42.0 Å². The van der Waals surface area contributed by atoms with Gasteiger partial charge < -0.3 is 19.9 Å². The van der Waals surface area contributed by atoms with Gasteiger partial charge in [-0.3, -0.25) is 0 Å². The zero-order valence-corrected chi connectivity index (χ0v) is 15.8. The van der Waals surface area contributed by atoms with Crippen molar-refractivity contribution in [1.29, 1.82) is 0 Å². The molecule has 5 heteroatoms. The molecule has 0 bridgehead atoms. The smallest absolute Gasteiger partial charge is 0.194 e. The third-order valence-corrected chi connectivity index (χ3v) is 5.79. The largest absolute Gasteiger partial charge is 0.381 e. The molecular formula is C21H30N4O. The fourth-order valence-electron chi connectivity index (χ4n) is 4.18. The maximum Gasteiger partial charge on any atom is 0.194 e.